The number of amides is 2. The summed E-state index contributed by atoms with van der Waals surface area (Å²) in [5, 5.41) is 0.425. The lowest BCUT2D eigenvalue weighted by Crippen LogP contribution is -2.44. The zero-order valence-electron chi connectivity index (χ0n) is 17.5. The molecule has 1 aromatic heterocycles. The molecule has 0 saturated carbocycles. The van der Waals surface area contributed by atoms with E-state index in [1.165, 1.54) is 23.7 Å². The van der Waals surface area contributed by atoms with Gasteiger partial charge in [-0.2, -0.15) is 0 Å². The molecule has 3 aromatic rings. The van der Waals surface area contributed by atoms with E-state index in [0.29, 0.717) is 28.8 Å². The molecule has 8 heteroatoms. The molecule has 162 valence electrons. The smallest absolute Gasteiger partial charge is 0.269 e. The first kappa shape index (κ1) is 22.0. The normalized spacial score (nSPS) is 10.6. The van der Waals surface area contributed by atoms with Crippen LogP contribution in [0.5, 0.6) is 5.75 Å². The van der Waals surface area contributed by atoms with Crippen LogP contribution in [0.1, 0.15) is 43.0 Å². The lowest BCUT2D eigenvalue weighted by Gasteiger charge is -2.10. The Balaban J connectivity index is 1.48. The summed E-state index contributed by atoms with van der Waals surface area (Å²) in [6.07, 6.45) is 5.82. The van der Waals surface area contributed by atoms with Gasteiger partial charge in [0.05, 0.1) is 23.8 Å². The van der Waals surface area contributed by atoms with Crippen molar-refractivity contribution >= 4 is 22.7 Å². The third kappa shape index (κ3) is 6.15. The Kier molecular flexibility index (Phi) is 7.75. The van der Waals surface area contributed by atoms with Crippen molar-refractivity contribution in [1.82, 2.24) is 20.4 Å². The zero-order valence-corrected chi connectivity index (χ0v) is 17.5. The van der Waals surface area contributed by atoms with Gasteiger partial charge in [-0.3, -0.25) is 29.8 Å². The van der Waals surface area contributed by atoms with Crippen molar-refractivity contribution in [2.75, 3.05) is 6.61 Å². The van der Waals surface area contributed by atoms with Gasteiger partial charge in [0.25, 0.3) is 17.4 Å². The first-order chi connectivity index (χ1) is 15.1. The van der Waals surface area contributed by atoms with Crippen molar-refractivity contribution < 1.29 is 14.3 Å². The molecule has 0 aliphatic carbocycles. The maximum absolute atomic E-state index is 12.4. The minimum Gasteiger partial charge on any atom is -0.494 e. The molecule has 1 heterocycles. The topological polar surface area (TPSA) is 102 Å². The Morgan fingerprint density at radius 1 is 1.00 bits per heavy atom. The standard InChI is InChI=1S/C23H26N4O4/c1-2-3-4-7-14-31-18-12-10-17(11-13-18)22(29)26-25-21(28)15-27-16-24-20-9-6-5-8-19(20)23(27)30/h5-6,8-13,16H,2-4,7,14-15H2,1H3,(H,25,28)(H,26,29). The van der Waals surface area contributed by atoms with Crippen LogP contribution in [0.2, 0.25) is 0 Å². The van der Waals surface area contributed by atoms with E-state index in [0.717, 1.165) is 12.8 Å². The van der Waals surface area contributed by atoms with Crippen LogP contribution in [0.3, 0.4) is 0 Å². The molecule has 0 radical (unpaired) electrons. The number of carbonyl (C=O) groups is 2. The fourth-order valence-corrected chi connectivity index (χ4v) is 3.03. The van der Waals surface area contributed by atoms with Crippen LogP contribution >= 0.6 is 0 Å². The third-order valence-corrected chi connectivity index (χ3v) is 4.74. The molecule has 2 N–H and O–H groups in total. The summed E-state index contributed by atoms with van der Waals surface area (Å²) in [4.78, 5) is 41.0. The van der Waals surface area contributed by atoms with E-state index in [1.807, 2.05) is 0 Å². The first-order valence-corrected chi connectivity index (χ1v) is 10.3. The average molecular weight is 422 g/mol. The van der Waals surface area contributed by atoms with Gasteiger partial charge in [-0.25, -0.2) is 4.98 Å². The lowest BCUT2D eigenvalue weighted by atomic mass is 10.2. The van der Waals surface area contributed by atoms with Gasteiger partial charge in [0.1, 0.15) is 12.3 Å². The molecule has 0 atom stereocenters. The number of ether oxygens (including phenoxy) is 1. The van der Waals surface area contributed by atoms with Gasteiger partial charge in [-0.05, 0) is 42.8 Å². The molecule has 0 bridgehead atoms. The number of carbonyl (C=O) groups excluding carboxylic acids is 2. The van der Waals surface area contributed by atoms with Crippen LogP contribution in [0.4, 0.5) is 0 Å². The number of hydrogen-bond donors (Lipinski definition) is 2. The highest BCUT2D eigenvalue weighted by Gasteiger charge is 2.10. The van der Waals surface area contributed by atoms with Crippen molar-refractivity contribution in [3.05, 3.63) is 70.8 Å². The number of fused-ring (bicyclic) bond motifs is 1. The third-order valence-electron chi connectivity index (χ3n) is 4.74. The summed E-state index contributed by atoms with van der Waals surface area (Å²) in [5.41, 5.74) is 5.28. The fourth-order valence-electron chi connectivity index (χ4n) is 3.03. The Morgan fingerprint density at radius 2 is 1.77 bits per heavy atom. The number of unbranched alkanes of at least 4 members (excludes halogenated alkanes) is 3. The highest BCUT2D eigenvalue weighted by Crippen LogP contribution is 2.13. The predicted octanol–water partition coefficient (Wildman–Crippen LogP) is 2.82. The van der Waals surface area contributed by atoms with Gasteiger partial charge < -0.3 is 4.74 Å². The van der Waals surface area contributed by atoms with E-state index in [9.17, 15) is 14.4 Å². The second kappa shape index (κ2) is 10.9. The summed E-state index contributed by atoms with van der Waals surface area (Å²) in [6, 6.07) is 13.6. The number of hydrazine groups is 1. The molecule has 0 unspecified atom stereocenters. The molecular weight excluding hydrogens is 396 g/mol. The average Bonchev–Trinajstić information content (AvgIpc) is 2.80. The monoisotopic (exact) mass is 422 g/mol. The summed E-state index contributed by atoms with van der Waals surface area (Å²) < 4.78 is 6.84. The fraction of sp³-hybridized carbons (Fsp3) is 0.304. The number of aromatic nitrogens is 2. The Morgan fingerprint density at radius 3 is 2.55 bits per heavy atom. The van der Waals surface area contributed by atoms with Crippen LogP contribution in [-0.2, 0) is 11.3 Å². The van der Waals surface area contributed by atoms with Crippen LogP contribution < -0.4 is 21.1 Å². The SMILES string of the molecule is CCCCCCOc1ccc(C(=O)NNC(=O)Cn2cnc3ccccc3c2=O)cc1. The molecule has 0 fully saturated rings. The van der Waals surface area contributed by atoms with Crippen LogP contribution in [0, 0.1) is 0 Å². The molecule has 31 heavy (non-hydrogen) atoms. The molecule has 2 aromatic carbocycles. The van der Waals surface area contributed by atoms with E-state index >= 15 is 0 Å². The van der Waals surface area contributed by atoms with Crippen LogP contribution in [-0.4, -0.2) is 28.0 Å². The summed E-state index contributed by atoms with van der Waals surface area (Å²) in [7, 11) is 0. The number of para-hydroxylation sites is 1. The maximum atomic E-state index is 12.4. The zero-order chi connectivity index (χ0) is 22.1. The molecule has 8 nitrogen and oxygen atoms in total. The van der Waals surface area contributed by atoms with Gasteiger partial charge in [0.15, 0.2) is 0 Å². The highest BCUT2D eigenvalue weighted by molar-refractivity contribution is 5.95. The number of nitrogens with one attached hydrogen (secondary N) is 2. The van der Waals surface area contributed by atoms with Gasteiger partial charge in [-0.15, -0.1) is 0 Å². The molecule has 0 saturated heterocycles. The second-order valence-electron chi connectivity index (χ2n) is 7.13. The highest BCUT2D eigenvalue weighted by atomic mass is 16.5. The van der Waals surface area contributed by atoms with E-state index in [2.05, 4.69) is 22.8 Å². The number of benzene rings is 2. The van der Waals surface area contributed by atoms with E-state index in [1.54, 1.807) is 48.5 Å². The molecule has 2 amide bonds. The molecule has 0 aliphatic heterocycles. The van der Waals surface area contributed by atoms with Gasteiger partial charge >= 0.3 is 0 Å². The van der Waals surface area contributed by atoms with Gasteiger partial charge in [-0.1, -0.05) is 38.3 Å². The van der Waals surface area contributed by atoms with Crippen LogP contribution in [0.15, 0.2) is 59.7 Å². The first-order valence-electron chi connectivity index (χ1n) is 10.3. The van der Waals surface area contributed by atoms with Gasteiger partial charge in [0, 0.05) is 5.56 Å². The number of rotatable bonds is 9. The molecule has 0 spiro atoms. The minimum absolute atomic E-state index is 0.262. The van der Waals surface area contributed by atoms with Crippen molar-refractivity contribution in [1.29, 1.82) is 0 Å². The Bertz CT molecular complexity index is 1090. The lowest BCUT2D eigenvalue weighted by molar-refractivity contribution is -0.122. The predicted molar refractivity (Wildman–Crippen MR) is 118 cm³/mol. The van der Waals surface area contributed by atoms with Crippen LogP contribution in [0.25, 0.3) is 10.9 Å². The van der Waals surface area contributed by atoms with E-state index < -0.39 is 11.8 Å². The van der Waals surface area contributed by atoms with Crippen molar-refractivity contribution in [2.24, 2.45) is 0 Å². The number of hydrogen-bond acceptors (Lipinski definition) is 5. The summed E-state index contributed by atoms with van der Waals surface area (Å²) >= 11 is 0. The van der Waals surface area contributed by atoms with E-state index in [4.69, 9.17) is 4.74 Å². The Hall–Kier alpha value is -3.68. The Labute approximate surface area is 180 Å². The molecule has 0 aliphatic rings. The van der Waals surface area contributed by atoms with E-state index in [-0.39, 0.29) is 12.1 Å². The largest absolute Gasteiger partial charge is 0.494 e. The van der Waals surface area contributed by atoms with Crippen molar-refractivity contribution in [3.8, 4) is 5.75 Å². The van der Waals surface area contributed by atoms with Crippen molar-refractivity contribution in [3.63, 3.8) is 0 Å². The van der Waals surface area contributed by atoms with Gasteiger partial charge in [0.2, 0.25) is 0 Å². The summed E-state index contributed by atoms with van der Waals surface area (Å²) in [6.45, 7) is 2.54. The summed E-state index contributed by atoms with van der Waals surface area (Å²) in [5.74, 6) is -0.313. The maximum Gasteiger partial charge on any atom is 0.269 e. The van der Waals surface area contributed by atoms with Crippen molar-refractivity contribution in [2.45, 2.75) is 39.2 Å². The molecular formula is C23H26N4O4. The minimum atomic E-state index is -0.542. The quantitative estimate of drug-likeness (QED) is 0.408. The molecule has 3 rings (SSSR count). The number of nitrogens with zero attached hydrogens (tertiary/aromatic N) is 2. The second-order valence-corrected chi connectivity index (χ2v) is 7.13.